The first-order valence-electron chi connectivity index (χ1n) is 8.07. The second-order valence-corrected chi connectivity index (χ2v) is 6.35. The molecule has 1 aliphatic rings. The molecule has 0 bridgehead atoms. The molecule has 0 radical (unpaired) electrons. The van der Waals surface area contributed by atoms with Crippen LogP contribution in [0.1, 0.15) is 28.8 Å². The van der Waals surface area contributed by atoms with E-state index in [1.165, 1.54) is 0 Å². The third kappa shape index (κ3) is 4.08. The Morgan fingerprint density at radius 1 is 1.08 bits per heavy atom. The molecule has 1 saturated heterocycles. The van der Waals surface area contributed by atoms with Crippen molar-refractivity contribution in [2.75, 3.05) is 13.1 Å². The maximum atomic E-state index is 12.5. The molecule has 2 aromatic carbocycles. The zero-order valence-electron chi connectivity index (χ0n) is 13.3. The number of halogens is 1. The number of likely N-dealkylation sites (tertiary alicyclic amines) is 1. The number of hydrogen-bond donors (Lipinski definition) is 1. The van der Waals surface area contributed by atoms with Gasteiger partial charge in [0, 0.05) is 36.5 Å². The van der Waals surface area contributed by atoms with E-state index < -0.39 is 0 Å². The Morgan fingerprint density at radius 3 is 2.29 bits per heavy atom. The summed E-state index contributed by atoms with van der Waals surface area (Å²) in [6.07, 6.45) is 1.73. The summed E-state index contributed by atoms with van der Waals surface area (Å²) in [5, 5.41) is 9.75. The second kappa shape index (κ2) is 7.69. The topological polar surface area (TPSA) is 49.8 Å². The summed E-state index contributed by atoms with van der Waals surface area (Å²) in [6, 6.07) is 14.4. The van der Waals surface area contributed by atoms with Crippen LogP contribution in [0.3, 0.4) is 0 Å². The van der Waals surface area contributed by atoms with E-state index in [1.807, 2.05) is 29.2 Å². The monoisotopic (exact) mass is 345 g/mol. The molecular weight excluding hydrogens is 326 g/mol. The predicted molar refractivity (Wildman–Crippen MR) is 93.4 cm³/mol. The fraction of sp³-hybridized carbons (Fsp3) is 0.316. The molecule has 0 atom stereocenters. The fourth-order valence-electron chi connectivity index (χ4n) is 2.82. The number of piperidine rings is 1. The largest absolute Gasteiger partial charge is 0.490 e. The molecule has 0 aromatic heterocycles. The summed E-state index contributed by atoms with van der Waals surface area (Å²) < 4.78 is 5.95. The summed E-state index contributed by atoms with van der Waals surface area (Å²) in [7, 11) is 0. The van der Waals surface area contributed by atoms with Crippen molar-refractivity contribution in [3.8, 4) is 5.75 Å². The minimum Gasteiger partial charge on any atom is -0.490 e. The fourth-order valence-corrected chi connectivity index (χ4v) is 2.94. The molecule has 1 amide bonds. The summed E-state index contributed by atoms with van der Waals surface area (Å²) in [6.45, 7) is 1.35. The van der Waals surface area contributed by atoms with Gasteiger partial charge in [0.25, 0.3) is 5.91 Å². The van der Waals surface area contributed by atoms with E-state index in [2.05, 4.69) is 0 Å². The highest BCUT2D eigenvalue weighted by Gasteiger charge is 2.24. The maximum Gasteiger partial charge on any atom is 0.253 e. The third-order valence-corrected chi connectivity index (χ3v) is 4.48. The normalized spacial score (nSPS) is 15.3. The van der Waals surface area contributed by atoms with Gasteiger partial charge in [0.1, 0.15) is 11.9 Å². The summed E-state index contributed by atoms with van der Waals surface area (Å²) in [5.41, 5.74) is 1.46. The first kappa shape index (κ1) is 16.8. The Hall–Kier alpha value is -2.04. The lowest BCUT2D eigenvalue weighted by molar-refractivity contribution is 0.0595. The molecule has 1 aliphatic heterocycles. The number of amides is 1. The minimum absolute atomic E-state index is 0.0120. The van der Waals surface area contributed by atoms with Crippen LogP contribution in [0.5, 0.6) is 5.75 Å². The van der Waals surface area contributed by atoms with Crippen LogP contribution >= 0.6 is 11.6 Å². The molecule has 0 unspecified atom stereocenters. The summed E-state index contributed by atoms with van der Waals surface area (Å²) in [5.74, 6) is 0.841. The van der Waals surface area contributed by atoms with Gasteiger partial charge < -0.3 is 14.7 Å². The minimum atomic E-state index is -0.0120. The number of aliphatic hydroxyl groups excluding tert-OH is 1. The molecule has 1 N–H and O–H groups in total. The molecule has 2 aromatic rings. The van der Waals surface area contributed by atoms with Gasteiger partial charge in [-0.1, -0.05) is 23.7 Å². The average molecular weight is 346 g/mol. The van der Waals surface area contributed by atoms with Crippen LogP contribution in [0, 0.1) is 0 Å². The molecule has 0 saturated carbocycles. The molecule has 1 fully saturated rings. The number of hydrogen-bond acceptors (Lipinski definition) is 3. The van der Waals surface area contributed by atoms with E-state index in [0.717, 1.165) is 24.2 Å². The number of aliphatic hydroxyl groups is 1. The lowest BCUT2D eigenvalue weighted by Gasteiger charge is -2.32. The molecule has 24 heavy (non-hydrogen) atoms. The van der Waals surface area contributed by atoms with Crippen molar-refractivity contribution in [2.45, 2.75) is 25.6 Å². The molecule has 4 nitrogen and oxygen atoms in total. The van der Waals surface area contributed by atoms with Crippen molar-refractivity contribution in [1.29, 1.82) is 0 Å². The molecular formula is C19H20ClNO3. The van der Waals surface area contributed by atoms with Gasteiger partial charge in [-0.05, 0) is 42.0 Å². The molecule has 1 heterocycles. The van der Waals surface area contributed by atoms with Gasteiger partial charge in [-0.3, -0.25) is 4.79 Å². The van der Waals surface area contributed by atoms with E-state index in [9.17, 15) is 4.79 Å². The lowest BCUT2D eigenvalue weighted by Crippen LogP contribution is -2.41. The van der Waals surface area contributed by atoms with Crippen molar-refractivity contribution < 1.29 is 14.6 Å². The Kier molecular flexibility index (Phi) is 5.38. The quantitative estimate of drug-likeness (QED) is 0.922. The number of nitrogens with zero attached hydrogens (tertiary/aromatic N) is 1. The first-order chi connectivity index (χ1) is 11.7. The van der Waals surface area contributed by atoms with E-state index in [0.29, 0.717) is 23.7 Å². The van der Waals surface area contributed by atoms with Crippen molar-refractivity contribution in [3.63, 3.8) is 0 Å². The van der Waals surface area contributed by atoms with Crippen LogP contribution in [0.15, 0.2) is 48.5 Å². The zero-order chi connectivity index (χ0) is 16.9. The highest BCUT2D eigenvalue weighted by molar-refractivity contribution is 6.30. The highest BCUT2D eigenvalue weighted by Crippen LogP contribution is 2.22. The van der Waals surface area contributed by atoms with Gasteiger partial charge in [0.15, 0.2) is 0 Å². The van der Waals surface area contributed by atoms with E-state index in [1.54, 1.807) is 24.3 Å². The Bertz CT molecular complexity index is 677. The molecule has 3 rings (SSSR count). The second-order valence-electron chi connectivity index (χ2n) is 5.92. The molecule has 5 heteroatoms. The SMILES string of the molecule is O=C(c1ccc(CO)cc1)N1CCC(Oc2ccc(Cl)cc2)CC1. The van der Waals surface area contributed by atoms with Crippen LogP contribution in [0.25, 0.3) is 0 Å². The van der Waals surface area contributed by atoms with Crippen LogP contribution in [-0.2, 0) is 6.61 Å². The van der Waals surface area contributed by atoms with E-state index in [4.69, 9.17) is 21.4 Å². The van der Waals surface area contributed by atoms with Gasteiger partial charge in [-0.2, -0.15) is 0 Å². The summed E-state index contributed by atoms with van der Waals surface area (Å²) in [4.78, 5) is 14.4. The Balaban J connectivity index is 1.54. The van der Waals surface area contributed by atoms with Crippen LogP contribution in [0.2, 0.25) is 5.02 Å². The number of ether oxygens (including phenoxy) is 1. The summed E-state index contributed by atoms with van der Waals surface area (Å²) >= 11 is 5.87. The van der Waals surface area contributed by atoms with Crippen molar-refractivity contribution in [3.05, 3.63) is 64.7 Å². The Morgan fingerprint density at radius 2 is 1.71 bits per heavy atom. The number of benzene rings is 2. The van der Waals surface area contributed by atoms with E-state index >= 15 is 0 Å². The van der Waals surface area contributed by atoms with Crippen molar-refractivity contribution in [1.82, 2.24) is 4.90 Å². The lowest BCUT2D eigenvalue weighted by atomic mass is 10.1. The molecule has 0 spiro atoms. The number of carbonyl (C=O) groups is 1. The Labute approximate surface area is 146 Å². The van der Waals surface area contributed by atoms with Gasteiger partial charge in [-0.15, -0.1) is 0 Å². The van der Waals surface area contributed by atoms with Gasteiger partial charge >= 0.3 is 0 Å². The third-order valence-electron chi connectivity index (χ3n) is 4.23. The van der Waals surface area contributed by atoms with Crippen molar-refractivity contribution in [2.24, 2.45) is 0 Å². The van der Waals surface area contributed by atoms with Gasteiger partial charge in [-0.25, -0.2) is 0 Å². The number of carbonyl (C=O) groups excluding carboxylic acids is 1. The first-order valence-corrected chi connectivity index (χ1v) is 8.45. The zero-order valence-corrected chi connectivity index (χ0v) is 14.1. The van der Waals surface area contributed by atoms with Crippen LogP contribution in [0.4, 0.5) is 0 Å². The maximum absolute atomic E-state index is 12.5. The predicted octanol–water partition coefficient (Wildman–Crippen LogP) is 3.52. The standard InChI is InChI=1S/C19H20ClNO3/c20-16-5-7-17(8-6-16)24-18-9-11-21(12-10-18)19(23)15-3-1-14(13-22)2-4-15/h1-8,18,22H,9-13H2. The van der Waals surface area contributed by atoms with Gasteiger partial charge in [0.2, 0.25) is 0 Å². The molecule has 0 aliphatic carbocycles. The van der Waals surface area contributed by atoms with Gasteiger partial charge in [0.05, 0.1) is 6.61 Å². The average Bonchev–Trinajstić information content (AvgIpc) is 2.64. The highest BCUT2D eigenvalue weighted by atomic mass is 35.5. The smallest absolute Gasteiger partial charge is 0.253 e. The van der Waals surface area contributed by atoms with E-state index in [-0.39, 0.29) is 18.6 Å². The van der Waals surface area contributed by atoms with Crippen LogP contribution in [-0.4, -0.2) is 35.1 Å². The molecule has 126 valence electrons. The van der Waals surface area contributed by atoms with Crippen molar-refractivity contribution >= 4 is 17.5 Å². The number of rotatable bonds is 4. The van der Waals surface area contributed by atoms with Crippen LogP contribution < -0.4 is 4.74 Å².